The molecule has 0 heterocycles. The number of rotatable bonds is 7. The van der Waals surface area contributed by atoms with Gasteiger partial charge in [-0.15, -0.1) is 0 Å². The minimum absolute atomic E-state index is 0.00415. The molecule has 0 saturated carbocycles. The monoisotopic (exact) mass is 418 g/mol. The Morgan fingerprint density at radius 2 is 1.71 bits per heavy atom. The summed E-state index contributed by atoms with van der Waals surface area (Å²) in [6.45, 7) is -0.00415. The molecule has 144 valence electrons. The van der Waals surface area contributed by atoms with E-state index in [0.717, 1.165) is 0 Å². The summed E-state index contributed by atoms with van der Waals surface area (Å²) in [5, 5.41) is 4.07. The summed E-state index contributed by atoms with van der Waals surface area (Å²) in [5.74, 6) is 0.0864. The predicted octanol–water partition coefficient (Wildman–Crippen LogP) is 4.37. The Balaban J connectivity index is 1.59. The summed E-state index contributed by atoms with van der Waals surface area (Å²) >= 11 is 5.97. The van der Waals surface area contributed by atoms with Crippen molar-refractivity contribution in [1.82, 2.24) is 4.83 Å². The van der Waals surface area contributed by atoms with Crippen LogP contribution in [0.5, 0.6) is 5.75 Å². The Morgan fingerprint density at radius 3 is 2.39 bits per heavy atom. The molecule has 0 unspecified atom stereocenters. The molecule has 0 fully saturated rings. The highest BCUT2D eigenvalue weighted by atomic mass is 35.5. The standard InChI is InChI=1S/C20H16ClFN2O3S/c21-19-7-4-8-20(22)18(19)14-27-16-11-9-15(10-12-16)13-23-24-28(25,26)17-5-2-1-3-6-17/h1-13,24H,14H2/b23-13+. The second kappa shape index (κ2) is 8.86. The van der Waals surface area contributed by atoms with Crippen LogP contribution >= 0.6 is 11.6 Å². The summed E-state index contributed by atoms with van der Waals surface area (Å²) in [7, 11) is -3.71. The Hall–Kier alpha value is -2.90. The fourth-order valence-electron chi connectivity index (χ4n) is 2.30. The molecule has 28 heavy (non-hydrogen) atoms. The first-order valence-electron chi connectivity index (χ1n) is 8.21. The average molecular weight is 419 g/mol. The first-order valence-corrected chi connectivity index (χ1v) is 10.1. The topological polar surface area (TPSA) is 67.8 Å². The van der Waals surface area contributed by atoms with Crippen LogP contribution in [0.3, 0.4) is 0 Å². The number of nitrogens with one attached hydrogen (secondary N) is 1. The van der Waals surface area contributed by atoms with Crippen LogP contribution in [0, 0.1) is 5.82 Å². The van der Waals surface area contributed by atoms with Crippen molar-refractivity contribution in [3.8, 4) is 5.75 Å². The molecule has 3 aromatic carbocycles. The molecular formula is C20H16ClFN2O3S. The molecule has 0 aromatic heterocycles. The zero-order valence-electron chi connectivity index (χ0n) is 14.5. The van der Waals surface area contributed by atoms with E-state index in [1.54, 1.807) is 48.5 Å². The summed E-state index contributed by atoms with van der Waals surface area (Å²) < 4.78 is 43.4. The van der Waals surface area contributed by atoms with Gasteiger partial charge in [0.25, 0.3) is 10.0 Å². The Kier molecular flexibility index (Phi) is 6.28. The first-order chi connectivity index (χ1) is 13.5. The Labute approximate surface area is 167 Å². The molecule has 0 radical (unpaired) electrons. The van der Waals surface area contributed by atoms with Gasteiger partial charge in [0, 0.05) is 5.56 Å². The summed E-state index contributed by atoms with van der Waals surface area (Å²) in [6, 6.07) is 19.1. The molecule has 0 atom stereocenters. The molecular weight excluding hydrogens is 403 g/mol. The van der Waals surface area contributed by atoms with Crippen LogP contribution in [-0.4, -0.2) is 14.6 Å². The number of hydrazone groups is 1. The summed E-state index contributed by atoms with van der Waals surface area (Å²) in [6.07, 6.45) is 1.37. The molecule has 0 aliphatic rings. The molecule has 0 aliphatic carbocycles. The van der Waals surface area contributed by atoms with Gasteiger partial charge in [-0.3, -0.25) is 0 Å². The molecule has 0 aliphatic heterocycles. The zero-order chi connectivity index (χ0) is 20.0. The maximum atomic E-state index is 13.7. The minimum Gasteiger partial charge on any atom is -0.489 e. The van der Waals surface area contributed by atoms with Gasteiger partial charge < -0.3 is 4.74 Å². The number of benzene rings is 3. The fourth-order valence-corrected chi connectivity index (χ4v) is 3.33. The van der Waals surface area contributed by atoms with Gasteiger partial charge in [0.2, 0.25) is 0 Å². The van der Waals surface area contributed by atoms with E-state index in [4.69, 9.17) is 16.3 Å². The van der Waals surface area contributed by atoms with Gasteiger partial charge in [-0.25, -0.2) is 9.22 Å². The maximum absolute atomic E-state index is 13.7. The molecule has 3 rings (SSSR count). The minimum atomic E-state index is -3.71. The molecule has 0 amide bonds. The lowest BCUT2D eigenvalue weighted by atomic mass is 10.2. The van der Waals surface area contributed by atoms with E-state index in [0.29, 0.717) is 16.3 Å². The number of hydrogen-bond acceptors (Lipinski definition) is 4. The smallest absolute Gasteiger partial charge is 0.276 e. The molecule has 5 nitrogen and oxygen atoms in total. The molecule has 0 saturated heterocycles. The molecule has 8 heteroatoms. The van der Waals surface area contributed by atoms with Gasteiger partial charge in [0.05, 0.1) is 16.1 Å². The van der Waals surface area contributed by atoms with Gasteiger partial charge >= 0.3 is 0 Å². The van der Waals surface area contributed by atoms with Gasteiger partial charge in [-0.05, 0) is 54.1 Å². The number of halogens is 2. The average Bonchev–Trinajstić information content (AvgIpc) is 2.69. The van der Waals surface area contributed by atoms with Crippen molar-refractivity contribution in [2.45, 2.75) is 11.5 Å². The second-order valence-electron chi connectivity index (χ2n) is 5.72. The third kappa shape index (κ3) is 5.09. The van der Waals surface area contributed by atoms with Crippen molar-refractivity contribution in [1.29, 1.82) is 0 Å². The Morgan fingerprint density at radius 1 is 1.00 bits per heavy atom. The van der Waals surface area contributed by atoms with E-state index >= 15 is 0 Å². The predicted molar refractivity (Wildman–Crippen MR) is 107 cm³/mol. The highest BCUT2D eigenvalue weighted by molar-refractivity contribution is 7.89. The molecule has 3 aromatic rings. The van der Waals surface area contributed by atoms with E-state index in [1.807, 2.05) is 0 Å². The highest BCUT2D eigenvalue weighted by Crippen LogP contribution is 2.21. The van der Waals surface area contributed by atoms with Crippen LogP contribution in [0.1, 0.15) is 11.1 Å². The van der Waals surface area contributed by atoms with Crippen LogP contribution in [0.4, 0.5) is 4.39 Å². The van der Waals surface area contributed by atoms with Crippen molar-refractivity contribution in [2.24, 2.45) is 5.10 Å². The summed E-state index contributed by atoms with van der Waals surface area (Å²) in [5.41, 5.74) is 0.942. The van der Waals surface area contributed by atoms with E-state index < -0.39 is 15.8 Å². The molecule has 0 bridgehead atoms. The number of ether oxygens (including phenoxy) is 1. The van der Waals surface area contributed by atoms with E-state index in [9.17, 15) is 12.8 Å². The van der Waals surface area contributed by atoms with E-state index in [-0.39, 0.29) is 17.1 Å². The normalized spacial score (nSPS) is 11.5. The van der Waals surface area contributed by atoms with Crippen LogP contribution < -0.4 is 9.57 Å². The van der Waals surface area contributed by atoms with Crippen LogP contribution in [0.15, 0.2) is 82.8 Å². The van der Waals surface area contributed by atoms with Gasteiger partial charge in [0.15, 0.2) is 0 Å². The van der Waals surface area contributed by atoms with Crippen molar-refractivity contribution in [3.05, 3.63) is 94.8 Å². The number of hydrogen-bond donors (Lipinski definition) is 1. The molecule has 0 spiro atoms. The number of sulfonamides is 1. The van der Waals surface area contributed by atoms with Crippen LogP contribution in [-0.2, 0) is 16.6 Å². The third-order valence-electron chi connectivity index (χ3n) is 3.76. The number of nitrogens with zero attached hydrogens (tertiary/aromatic N) is 1. The second-order valence-corrected chi connectivity index (χ2v) is 7.79. The highest BCUT2D eigenvalue weighted by Gasteiger charge is 2.11. The quantitative estimate of drug-likeness (QED) is 0.457. The largest absolute Gasteiger partial charge is 0.489 e. The fraction of sp³-hybridized carbons (Fsp3) is 0.0500. The molecule has 1 N–H and O–H groups in total. The van der Waals surface area contributed by atoms with Crippen LogP contribution in [0.25, 0.3) is 0 Å². The van der Waals surface area contributed by atoms with Gasteiger partial charge in [-0.1, -0.05) is 35.9 Å². The lowest BCUT2D eigenvalue weighted by molar-refractivity contribution is 0.300. The summed E-state index contributed by atoms with van der Waals surface area (Å²) in [4.78, 5) is 2.28. The first kappa shape index (κ1) is 19.9. The van der Waals surface area contributed by atoms with Gasteiger partial charge in [0.1, 0.15) is 18.2 Å². The lowest BCUT2D eigenvalue weighted by Crippen LogP contribution is -2.18. The van der Waals surface area contributed by atoms with Crippen molar-refractivity contribution in [3.63, 3.8) is 0 Å². The van der Waals surface area contributed by atoms with Crippen molar-refractivity contribution >= 4 is 27.8 Å². The van der Waals surface area contributed by atoms with Crippen molar-refractivity contribution < 1.29 is 17.5 Å². The zero-order valence-corrected chi connectivity index (χ0v) is 16.1. The maximum Gasteiger partial charge on any atom is 0.276 e. The lowest BCUT2D eigenvalue weighted by Gasteiger charge is -2.09. The van der Waals surface area contributed by atoms with Crippen LogP contribution in [0.2, 0.25) is 5.02 Å². The van der Waals surface area contributed by atoms with E-state index in [1.165, 1.54) is 30.5 Å². The third-order valence-corrected chi connectivity index (χ3v) is 5.36. The van der Waals surface area contributed by atoms with E-state index in [2.05, 4.69) is 9.93 Å². The Bertz CT molecular complexity index is 1050. The van der Waals surface area contributed by atoms with Crippen molar-refractivity contribution in [2.75, 3.05) is 0 Å². The van der Waals surface area contributed by atoms with Gasteiger partial charge in [-0.2, -0.15) is 13.5 Å². The SMILES string of the molecule is O=S(=O)(N/N=C/c1ccc(OCc2c(F)cccc2Cl)cc1)c1ccccc1.